The zero-order valence-electron chi connectivity index (χ0n) is 16.5. The highest BCUT2D eigenvalue weighted by Gasteiger charge is 2.34. The summed E-state index contributed by atoms with van der Waals surface area (Å²) in [5, 5.41) is 14.8. The summed E-state index contributed by atoms with van der Waals surface area (Å²) in [6.45, 7) is 6.17. The molecule has 28 heavy (non-hydrogen) atoms. The highest BCUT2D eigenvalue weighted by molar-refractivity contribution is 5.76. The van der Waals surface area contributed by atoms with E-state index in [1.54, 1.807) is 0 Å². The number of imidazole rings is 1. The van der Waals surface area contributed by atoms with Crippen LogP contribution >= 0.6 is 0 Å². The molecule has 1 fully saturated rings. The van der Waals surface area contributed by atoms with Crippen molar-refractivity contribution < 1.29 is 14.7 Å². The van der Waals surface area contributed by atoms with Crippen LogP contribution in [0.15, 0.2) is 24.3 Å². The lowest BCUT2D eigenvalue weighted by Gasteiger charge is -2.42. The van der Waals surface area contributed by atoms with E-state index in [0.29, 0.717) is 19.5 Å². The van der Waals surface area contributed by atoms with E-state index in [4.69, 9.17) is 5.11 Å². The Bertz CT molecular complexity index is 828. The van der Waals surface area contributed by atoms with Crippen molar-refractivity contribution in [2.24, 2.45) is 0 Å². The smallest absolute Gasteiger partial charge is 0.317 e. The van der Waals surface area contributed by atoms with Crippen molar-refractivity contribution in [1.29, 1.82) is 0 Å². The predicted octanol–water partition coefficient (Wildman–Crippen LogP) is 1.84. The second-order valence-corrected chi connectivity index (χ2v) is 7.19. The number of likely N-dealkylation sites (N-methyl/N-ethyl adjacent to an activating group) is 1. The number of benzene rings is 1. The van der Waals surface area contributed by atoms with Crippen molar-refractivity contribution in [2.45, 2.75) is 51.7 Å². The van der Waals surface area contributed by atoms with E-state index in [1.165, 1.54) is 0 Å². The van der Waals surface area contributed by atoms with Gasteiger partial charge < -0.3 is 20.3 Å². The molecule has 0 spiro atoms. The van der Waals surface area contributed by atoms with Crippen molar-refractivity contribution in [3.63, 3.8) is 0 Å². The maximum Gasteiger partial charge on any atom is 0.317 e. The van der Waals surface area contributed by atoms with Crippen LogP contribution in [-0.2, 0) is 17.8 Å². The number of aromatic nitrogens is 2. The number of aryl methyl sites for hydroxylation is 1. The molecule has 3 N–H and O–H groups in total. The SMILES string of the molecule is CCN(CC(=O)O)C1CC(NC(=O)NCCc2nc3ccccc3n2CC)C1. The van der Waals surface area contributed by atoms with Gasteiger partial charge in [-0.2, -0.15) is 0 Å². The van der Waals surface area contributed by atoms with Crippen molar-refractivity contribution in [1.82, 2.24) is 25.1 Å². The number of para-hydroxylation sites is 2. The fourth-order valence-electron chi connectivity index (χ4n) is 3.87. The molecule has 2 amide bonds. The minimum Gasteiger partial charge on any atom is -0.480 e. The number of nitrogens with one attached hydrogen (secondary N) is 2. The van der Waals surface area contributed by atoms with Gasteiger partial charge in [-0.25, -0.2) is 9.78 Å². The Morgan fingerprint density at radius 3 is 2.71 bits per heavy atom. The van der Waals surface area contributed by atoms with E-state index in [1.807, 2.05) is 30.0 Å². The van der Waals surface area contributed by atoms with Crippen LogP contribution in [0, 0.1) is 0 Å². The van der Waals surface area contributed by atoms with Crippen LogP contribution in [0.4, 0.5) is 4.79 Å². The van der Waals surface area contributed by atoms with E-state index in [-0.39, 0.29) is 24.7 Å². The lowest BCUT2D eigenvalue weighted by Crippen LogP contribution is -2.56. The number of hydrogen-bond acceptors (Lipinski definition) is 4. The first-order chi connectivity index (χ1) is 13.5. The number of carboxylic acids is 1. The average molecular weight is 387 g/mol. The highest BCUT2D eigenvalue weighted by Crippen LogP contribution is 2.25. The third-order valence-electron chi connectivity index (χ3n) is 5.39. The van der Waals surface area contributed by atoms with Crippen LogP contribution in [0.25, 0.3) is 11.0 Å². The molecule has 1 aliphatic rings. The molecule has 0 saturated heterocycles. The quantitative estimate of drug-likeness (QED) is 0.610. The summed E-state index contributed by atoms with van der Waals surface area (Å²) >= 11 is 0. The van der Waals surface area contributed by atoms with Gasteiger partial charge in [0.05, 0.1) is 17.6 Å². The number of nitrogens with zero attached hydrogens (tertiary/aromatic N) is 3. The predicted molar refractivity (Wildman–Crippen MR) is 107 cm³/mol. The Morgan fingerprint density at radius 2 is 2.04 bits per heavy atom. The lowest BCUT2D eigenvalue weighted by atomic mass is 9.85. The van der Waals surface area contributed by atoms with Gasteiger partial charge in [0.1, 0.15) is 5.82 Å². The second-order valence-electron chi connectivity index (χ2n) is 7.19. The highest BCUT2D eigenvalue weighted by atomic mass is 16.4. The van der Waals surface area contributed by atoms with Gasteiger partial charge in [0.25, 0.3) is 0 Å². The molecule has 0 aliphatic heterocycles. The van der Waals surface area contributed by atoms with Gasteiger partial charge in [0.15, 0.2) is 0 Å². The first-order valence-electron chi connectivity index (χ1n) is 9.96. The summed E-state index contributed by atoms with van der Waals surface area (Å²) in [7, 11) is 0. The number of carboxylic acid groups (broad SMARTS) is 1. The minimum atomic E-state index is -0.811. The molecule has 8 nitrogen and oxygen atoms in total. The van der Waals surface area contributed by atoms with Gasteiger partial charge in [-0.15, -0.1) is 0 Å². The van der Waals surface area contributed by atoms with Crippen LogP contribution in [0.3, 0.4) is 0 Å². The molecule has 1 aromatic carbocycles. The van der Waals surface area contributed by atoms with Crippen LogP contribution < -0.4 is 10.6 Å². The molecule has 1 heterocycles. The second kappa shape index (κ2) is 9.05. The number of urea groups is 1. The number of rotatable bonds is 9. The minimum absolute atomic E-state index is 0.0541. The first kappa shape index (κ1) is 20.1. The van der Waals surface area contributed by atoms with Crippen molar-refractivity contribution in [3.8, 4) is 0 Å². The van der Waals surface area contributed by atoms with Gasteiger partial charge in [-0.3, -0.25) is 9.69 Å². The van der Waals surface area contributed by atoms with Crippen molar-refractivity contribution >= 4 is 23.0 Å². The van der Waals surface area contributed by atoms with E-state index in [9.17, 15) is 9.59 Å². The Morgan fingerprint density at radius 1 is 1.29 bits per heavy atom. The Labute approximate surface area is 164 Å². The summed E-state index contributed by atoms with van der Waals surface area (Å²) in [6, 6.07) is 8.21. The summed E-state index contributed by atoms with van der Waals surface area (Å²) in [5.41, 5.74) is 2.10. The van der Waals surface area contributed by atoms with Crippen molar-refractivity contribution in [2.75, 3.05) is 19.6 Å². The zero-order chi connectivity index (χ0) is 20.1. The molecule has 1 aromatic heterocycles. The largest absolute Gasteiger partial charge is 0.480 e. The van der Waals surface area contributed by atoms with E-state index < -0.39 is 5.97 Å². The summed E-state index contributed by atoms with van der Waals surface area (Å²) in [6.07, 6.45) is 2.26. The Balaban J connectivity index is 1.42. The van der Waals surface area contributed by atoms with Gasteiger partial charge in [-0.05, 0) is 38.4 Å². The summed E-state index contributed by atoms with van der Waals surface area (Å²) < 4.78 is 2.17. The molecule has 8 heteroatoms. The number of carbonyl (C=O) groups excluding carboxylic acids is 1. The Kier molecular flexibility index (Phi) is 6.51. The number of hydrogen-bond donors (Lipinski definition) is 3. The number of amides is 2. The fourth-order valence-corrected chi connectivity index (χ4v) is 3.87. The van der Waals surface area contributed by atoms with Gasteiger partial charge in [0, 0.05) is 31.6 Å². The standard InChI is InChI=1S/C20H29N5O3/c1-3-24(13-19(26)27)15-11-14(12-15)22-20(28)21-10-9-18-23-16-7-5-6-8-17(16)25(18)4-2/h5-8,14-15H,3-4,9-13H2,1-2H3,(H,26,27)(H2,21,22,28). The molecule has 0 bridgehead atoms. The number of aliphatic carboxylic acids is 1. The van der Waals surface area contributed by atoms with E-state index >= 15 is 0 Å². The molecule has 3 rings (SSSR count). The van der Waals surface area contributed by atoms with Gasteiger partial charge >= 0.3 is 12.0 Å². The maximum atomic E-state index is 12.1. The van der Waals surface area contributed by atoms with Crippen LogP contribution in [0.2, 0.25) is 0 Å². The van der Waals surface area contributed by atoms with E-state index in [0.717, 1.165) is 36.2 Å². The van der Waals surface area contributed by atoms with Gasteiger partial charge in [-0.1, -0.05) is 19.1 Å². The number of carbonyl (C=O) groups is 2. The Hall–Kier alpha value is -2.61. The molecule has 0 atom stereocenters. The monoisotopic (exact) mass is 387 g/mol. The van der Waals surface area contributed by atoms with Crippen LogP contribution in [0.1, 0.15) is 32.5 Å². The molecule has 0 radical (unpaired) electrons. The van der Waals surface area contributed by atoms with E-state index in [2.05, 4.69) is 33.2 Å². The third-order valence-corrected chi connectivity index (χ3v) is 5.39. The van der Waals surface area contributed by atoms with Gasteiger partial charge in [0.2, 0.25) is 0 Å². The zero-order valence-corrected chi connectivity index (χ0v) is 16.5. The molecule has 2 aromatic rings. The molecular formula is C20H29N5O3. The first-order valence-corrected chi connectivity index (χ1v) is 9.96. The summed E-state index contributed by atoms with van der Waals surface area (Å²) in [5.74, 6) is 0.161. The van der Waals surface area contributed by atoms with Crippen LogP contribution in [-0.4, -0.2) is 63.3 Å². The lowest BCUT2D eigenvalue weighted by molar-refractivity contribution is -0.139. The van der Waals surface area contributed by atoms with Crippen molar-refractivity contribution in [3.05, 3.63) is 30.1 Å². The normalized spacial score (nSPS) is 18.8. The fraction of sp³-hybridized carbons (Fsp3) is 0.550. The molecule has 152 valence electrons. The van der Waals surface area contributed by atoms with Crippen LogP contribution in [0.5, 0.6) is 0 Å². The molecule has 1 saturated carbocycles. The third kappa shape index (κ3) is 4.62. The molecule has 0 unspecified atom stereocenters. The summed E-state index contributed by atoms with van der Waals surface area (Å²) in [4.78, 5) is 29.6. The average Bonchev–Trinajstić information content (AvgIpc) is 2.99. The molecule has 1 aliphatic carbocycles. The topological polar surface area (TPSA) is 99.5 Å². The molecular weight excluding hydrogens is 358 g/mol. The maximum absolute atomic E-state index is 12.1. The number of fused-ring (bicyclic) bond motifs is 1.